The van der Waals surface area contributed by atoms with E-state index in [4.69, 9.17) is 16.0 Å². The fraction of sp³-hybridized carbons (Fsp3) is 0.125. The van der Waals surface area contributed by atoms with Crippen molar-refractivity contribution in [3.63, 3.8) is 0 Å². The van der Waals surface area contributed by atoms with E-state index in [1.807, 2.05) is 43.3 Å². The molecule has 1 aliphatic heterocycles. The summed E-state index contributed by atoms with van der Waals surface area (Å²) in [4.78, 5) is 38.6. The number of furan rings is 1. The number of nitrogens with zero attached hydrogens (tertiary/aromatic N) is 1. The number of rotatable bonds is 6. The van der Waals surface area contributed by atoms with Crippen LogP contribution in [0.2, 0.25) is 5.02 Å². The minimum Gasteiger partial charge on any atom is -0.450 e. The van der Waals surface area contributed by atoms with Crippen molar-refractivity contribution in [2.75, 3.05) is 4.90 Å². The van der Waals surface area contributed by atoms with Crippen LogP contribution in [-0.4, -0.2) is 17.8 Å². The largest absolute Gasteiger partial charge is 0.450 e. The topological polar surface area (TPSA) is 79.6 Å². The third-order valence-corrected chi connectivity index (χ3v) is 6.12. The number of amides is 4. The molecule has 0 unspecified atom stereocenters. The van der Waals surface area contributed by atoms with Crippen molar-refractivity contribution in [1.29, 1.82) is 0 Å². The van der Waals surface area contributed by atoms with Crippen LogP contribution in [-0.2, 0) is 21.8 Å². The summed E-state index contributed by atoms with van der Waals surface area (Å²) in [5.74, 6) is -0.434. The predicted molar refractivity (Wildman–Crippen MR) is 125 cm³/mol. The van der Waals surface area contributed by atoms with E-state index < -0.39 is 17.8 Å². The van der Waals surface area contributed by atoms with E-state index in [0.717, 1.165) is 22.4 Å². The van der Waals surface area contributed by atoms with Gasteiger partial charge >= 0.3 is 6.03 Å². The van der Waals surface area contributed by atoms with Gasteiger partial charge in [0.15, 0.2) is 5.09 Å². The highest BCUT2D eigenvalue weighted by Crippen LogP contribution is 2.28. The number of carbonyl (C=O) groups excluding carboxylic acids is 3. The minimum absolute atomic E-state index is 0.173. The molecule has 0 saturated carbocycles. The molecule has 1 saturated heterocycles. The molecule has 4 amide bonds. The van der Waals surface area contributed by atoms with E-state index in [2.05, 4.69) is 5.32 Å². The Morgan fingerprint density at radius 3 is 2.34 bits per heavy atom. The number of thioether (sulfide) groups is 1. The number of halogens is 1. The van der Waals surface area contributed by atoms with E-state index in [0.29, 0.717) is 27.3 Å². The highest BCUT2D eigenvalue weighted by Gasteiger charge is 2.37. The van der Waals surface area contributed by atoms with Gasteiger partial charge in [0.05, 0.1) is 5.69 Å². The highest BCUT2D eigenvalue weighted by molar-refractivity contribution is 7.98. The van der Waals surface area contributed by atoms with E-state index in [1.165, 1.54) is 17.8 Å². The third kappa shape index (κ3) is 4.79. The van der Waals surface area contributed by atoms with Gasteiger partial charge in [0.2, 0.25) is 0 Å². The predicted octanol–water partition coefficient (Wildman–Crippen LogP) is 5.45. The lowest BCUT2D eigenvalue weighted by Crippen LogP contribution is -2.54. The molecule has 1 aromatic heterocycles. The van der Waals surface area contributed by atoms with Gasteiger partial charge in [-0.05, 0) is 60.0 Å². The number of urea groups is 1. The molecule has 6 nitrogen and oxygen atoms in total. The molecule has 1 N–H and O–H groups in total. The van der Waals surface area contributed by atoms with Gasteiger partial charge in [0, 0.05) is 10.8 Å². The Kier molecular flexibility index (Phi) is 6.48. The van der Waals surface area contributed by atoms with Crippen LogP contribution in [0.3, 0.4) is 0 Å². The number of nitrogens with one attached hydrogen (secondary N) is 1. The first kappa shape index (κ1) is 21.9. The summed E-state index contributed by atoms with van der Waals surface area (Å²) >= 11 is 7.38. The Morgan fingerprint density at radius 2 is 1.66 bits per heavy atom. The Hall–Kier alpha value is -3.29. The Labute approximate surface area is 194 Å². The first-order valence-electron chi connectivity index (χ1n) is 9.92. The minimum atomic E-state index is -0.778. The number of anilines is 1. The van der Waals surface area contributed by atoms with Crippen LogP contribution in [0.5, 0.6) is 0 Å². The Balaban J connectivity index is 1.52. The van der Waals surface area contributed by atoms with Crippen LogP contribution >= 0.6 is 23.4 Å². The standard InChI is InChI=1S/C24H19ClN2O4S/c1-2-15-5-9-18(10-6-15)27-23(29)20(22(28)26-24(27)30)13-19-11-12-21(31-19)32-14-16-3-7-17(25)8-4-16/h3-13H,2,14H2,1H3,(H,26,28,30). The SMILES string of the molecule is CCc1ccc(N2C(=O)NC(=O)C(=Cc3ccc(SCc4ccc(Cl)cc4)o3)C2=O)cc1. The first-order valence-corrected chi connectivity index (χ1v) is 11.3. The zero-order valence-corrected chi connectivity index (χ0v) is 18.7. The summed E-state index contributed by atoms with van der Waals surface area (Å²) in [6, 6.07) is 17.2. The molecule has 2 aromatic carbocycles. The molecule has 4 rings (SSSR count). The molecule has 0 bridgehead atoms. The molecular formula is C24H19ClN2O4S. The Bertz CT molecular complexity index is 1200. The molecule has 0 radical (unpaired) electrons. The lowest BCUT2D eigenvalue weighted by Gasteiger charge is -2.26. The molecule has 1 aliphatic rings. The number of hydrogen-bond acceptors (Lipinski definition) is 5. The number of aryl methyl sites for hydroxylation is 1. The lowest BCUT2D eigenvalue weighted by atomic mass is 10.1. The maximum atomic E-state index is 13.0. The van der Waals surface area contributed by atoms with Gasteiger partial charge in [0.25, 0.3) is 11.8 Å². The normalized spacial score (nSPS) is 15.4. The van der Waals surface area contributed by atoms with Gasteiger partial charge < -0.3 is 4.42 Å². The molecular weight excluding hydrogens is 448 g/mol. The average molecular weight is 467 g/mol. The van der Waals surface area contributed by atoms with E-state index in [9.17, 15) is 14.4 Å². The fourth-order valence-electron chi connectivity index (χ4n) is 3.14. The maximum absolute atomic E-state index is 13.0. The van der Waals surface area contributed by atoms with E-state index in [1.54, 1.807) is 24.3 Å². The van der Waals surface area contributed by atoms with Crippen LogP contribution in [0, 0.1) is 0 Å². The fourth-order valence-corrected chi connectivity index (χ4v) is 4.09. The monoisotopic (exact) mass is 466 g/mol. The second kappa shape index (κ2) is 9.46. The van der Waals surface area contributed by atoms with E-state index in [-0.39, 0.29) is 5.57 Å². The van der Waals surface area contributed by atoms with Crippen LogP contribution in [0.1, 0.15) is 23.8 Å². The van der Waals surface area contributed by atoms with Gasteiger partial charge in [-0.3, -0.25) is 14.9 Å². The van der Waals surface area contributed by atoms with Crippen molar-refractivity contribution in [1.82, 2.24) is 5.32 Å². The highest BCUT2D eigenvalue weighted by atomic mass is 35.5. The maximum Gasteiger partial charge on any atom is 0.335 e. The number of hydrogen-bond donors (Lipinski definition) is 1. The molecule has 2 heterocycles. The molecule has 3 aromatic rings. The van der Waals surface area contributed by atoms with Gasteiger partial charge in [-0.25, -0.2) is 9.69 Å². The molecule has 32 heavy (non-hydrogen) atoms. The van der Waals surface area contributed by atoms with Crippen LogP contribution in [0.4, 0.5) is 10.5 Å². The average Bonchev–Trinajstić information content (AvgIpc) is 3.24. The van der Waals surface area contributed by atoms with Crippen LogP contribution < -0.4 is 10.2 Å². The zero-order valence-electron chi connectivity index (χ0n) is 17.1. The summed E-state index contributed by atoms with van der Waals surface area (Å²) in [6.45, 7) is 2.01. The van der Waals surface area contributed by atoms with Crippen molar-refractivity contribution >= 4 is 53.0 Å². The number of imide groups is 2. The third-order valence-electron chi connectivity index (χ3n) is 4.89. The molecule has 0 atom stereocenters. The molecule has 0 spiro atoms. The lowest BCUT2D eigenvalue weighted by molar-refractivity contribution is -0.122. The van der Waals surface area contributed by atoms with Crippen molar-refractivity contribution in [2.24, 2.45) is 0 Å². The van der Waals surface area contributed by atoms with Crippen LogP contribution in [0.15, 0.2) is 75.7 Å². The van der Waals surface area contributed by atoms with Gasteiger partial charge in [0.1, 0.15) is 11.3 Å². The van der Waals surface area contributed by atoms with Crippen molar-refractivity contribution in [3.8, 4) is 0 Å². The number of benzene rings is 2. The van der Waals surface area contributed by atoms with Crippen molar-refractivity contribution in [3.05, 3.63) is 88.1 Å². The summed E-state index contributed by atoms with van der Waals surface area (Å²) in [5.41, 5.74) is 2.37. The Morgan fingerprint density at radius 1 is 0.969 bits per heavy atom. The number of barbiturate groups is 1. The van der Waals surface area contributed by atoms with Gasteiger partial charge in [-0.1, -0.05) is 54.6 Å². The molecule has 162 valence electrons. The first-order chi connectivity index (χ1) is 15.4. The summed E-state index contributed by atoms with van der Waals surface area (Å²) in [7, 11) is 0. The van der Waals surface area contributed by atoms with E-state index >= 15 is 0 Å². The quantitative estimate of drug-likeness (QED) is 0.296. The smallest absolute Gasteiger partial charge is 0.335 e. The molecule has 0 aliphatic carbocycles. The molecule has 8 heteroatoms. The summed E-state index contributed by atoms with van der Waals surface area (Å²) in [6.07, 6.45) is 2.19. The second-order valence-corrected chi connectivity index (χ2v) is 8.47. The molecule has 1 fully saturated rings. The van der Waals surface area contributed by atoms with Crippen LogP contribution in [0.25, 0.3) is 6.08 Å². The van der Waals surface area contributed by atoms with Gasteiger partial charge in [-0.15, -0.1) is 0 Å². The van der Waals surface area contributed by atoms with Crippen molar-refractivity contribution < 1.29 is 18.8 Å². The summed E-state index contributed by atoms with van der Waals surface area (Å²) in [5, 5.41) is 3.53. The number of carbonyl (C=O) groups is 3. The van der Waals surface area contributed by atoms with Gasteiger partial charge in [-0.2, -0.15) is 0 Å². The van der Waals surface area contributed by atoms with Crippen molar-refractivity contribution in [2.45, 2.75) is 24.2 Å². The zero-order chi connectivity index (χ0) is 22.7. The summed E-state index contributed by atoms with van der Waals surface area (Å²) < 4.78 is 5.75. The second-order valence-electron chi connectivity index (χ2n) is 7.05.